The van der Waals surface area contributed by atoms with E-state index >= 15 is 0 Å². The molecule has 27 heavy (non-hydrogen) atoms. The number of nitrogens with one attached hydrogen (secondary N) is 2. The minimum atomic E-state index is -0.212. The summed E-state index contributed by atoms with van der Waals surface area (Å²) in [5.74, 6) is 0.339. The molecule has 1 aromatic heterocycles. The van der Waals surface area contributed by atoms with Crippen LogP contribution in [0.5, 0.6) is 0 Å². The molecule has 5 heteroatoms. The van der Waals surface area contributed by atoms with Crippen molar-refractivity contribution in [3.8, 4) is 0 Å². The second kappa shape index (κ2) is 8.07. The SMILES string of the molecule is Cc1cc(C(=O)Nc2ccc(C(C)(C)C)cc2)nc(NC2CCCCC2)n1. The number of hydrogen-bond acceptors (Lipinski definition) is 4. The molecular formula is C22H30N4O. The van der Waals surface area contributed by atoms with Gasteiger partial charge in [-0.3, -0.25) is 4.79 Å². The molecule has 0 aliphatic heterocycles. The van der Waals surface area contributed by atoms with Crippen molar-refractivity contribution in [3.63, 3.8) is 0 Å². The fourth-order valence-electron chi connectivity index (χ4n) is 3.43. The highest BCUT2D eigenvalue weighted by Crippen LogP contribution is 2.24. The van der Waals surface area contributed by atoms with Crippen LogP contribution in [-0.4, -0.2) is 21.9 Å². The van der Waals surface area contributed by atoms with Crippen LogP contribution in [0.2, 0.25) is 0 Å². The van der Waals surface area contributed by atoms with Crippen LogP contribution in [0, 0.1) is 6.92 Å². The number of carbonyl (C=O) groups is 1. The number of nitrogens with zero attached hydrogens (tertiary/aromatic N) is 2. The van der Waals surface area contributed by atoms with Crippen molar-refractivity contribution in [3.05, 3.63) is 47.3 Å². The van der Waals surface area contributed by atoms with Gasteiger partial charge in [-0.1, -0.05) is 52.2 Å². The van der Waals surface area contributed by atoms with E-state index in [0.29, 0.717) is 17.7 Å². The van der Waals surface area contributed by atoms with E-state index in [4.69, 9.17) is 0 Å². The Kier molecular flexibility index (Phi) is 5.78. The summed E-state index contributed by atoms with van der Waals surface area (Å²) < 4.78 is 0. The Balaban J connectivity index is 1.70. The quantitative estimate of drug-likeness (QED) is 0.792. The molecule has 0 unspecified atom stereocenters. The first-order chi connectivity index (χ1) is 12.8. The molecule has 1 aliphatic carbocycles. The summed E-state index contributed by atoms with van der Waals surface area (Å²) in [7, 11) is 0. The van der Waals surface area contributed by atoms with E-state index in [-0.39, 0.29) is 11.3 Å². The predicted octanol–water partition coefficient (Wildman–Crippen LogP) is 5.08. The minimum absolute atomic E-state index is 0.0893. The van der Waals surface area contributed by atoms with Crippen molar-refractivity contribution in [1.82, 2.24) is 9.97 Å². The Morgan fingerprint density at radius 3 is 2.33 bits per heavy atom. The molecule has 0 bridgehead atoms. The largest absolute Gasteiger partial charge is 0.351 e. The van der Waals surface area contributed by atoms with E-state index in [1.165, 1.54) is 24.8 Å². The molecule has 1 heterocycles. The van der Waals surface area contributed by atoms with Crippen LogP contribution in [0.4, 0.5) is 11.6 Å². The van der Waals surface area contributed by atoms with Crippen LogP contribution in [0.3, 0.4) is 0 Å². The zero-order valence-electron chi connectivity index (χ0n) is 16.8. The standard InChI is InChI=1S/C22H30N4O/c1-15-14-19(26-21(23-15)25-17-8-6-5-7-9-17)20(27)24-18-12-10-16(11-13-18)22(2,3)4/h10-14,17H,5-9H2,1-4H3,(H,24,27)(H,23,25,26). The van der Waals surface area contributed by atoms with Gasteiger partial charge in [0.25, 0.3) is 5.91 Å². The lowest BCUT2D eigenvalue weighted by Crippen LogP contribution is -2.24. The number of carbonyl (C=O) groups excluding carboxylic acids is 1. The number of aromatic nitrogens is 2. The second-order valence-electron chi connectivity index (χ2n) is 8.48. The van der Waals surface area contributed by atoms with Crippen molar-refractivity contribution in [2.75, 3.05) is 10.6 Å². The van der Waals surface area contributed by atoms with E-state index in [0.717, 1.165) is 24.2 Å². The van der Waals surface area contributed by atoms with Gasteiger partial charge in [0.1, 0.15) is 5.69 Å². The Morgan fingerprint density at radius 2 is 1.70 bits per heavy atom. The van der Waals surface area contributed by atoms with Gasteiger partial charge in [-0.15, -0.1) is 0 Å². The lowest BCUT2D eigenvalue weighted by molar-refractivity contribution is 0.102. The van der Waals surface area contributed by atoms with Gasteiger partial charge >= 0.3 is 0 Å². The first-order valence-electron chi connectivity index (χ1n) is 9.85. The first-order valence-corrected chi connectivity index (χ1v) is 9.85. The first kappa shape index (κ1) is 19.3. The molecular weight excluding hydrogens is 336 g/mol. The average molecular weight is 367 g/mol. The van der Waals surface area contributed by atoms with Crippen LogP contribution in [0.15, 0.2) is 30.3 Å². The van der Waals surface area contributed by atoms with Crippen molar-refractivity contribution >= 4 is 17.5 Å². The summed E-state index contributed by atoms with van der Waals surface area (Å²) in [4.78, 5) is 21.6. The minimum Gasteiger partial charge on any atom is -0.351 e. The van der Waals surface area contributed by atoms with Gasteiger partial charge in [0, 0.05) is 17.4 Å². The number of amides is 1. The van der Waals surface area contributed by atoms with Crippen LogP contribution in [0.25, 0.3) is 0 Å². The molecule has 0 saturated heterocycles. The van der Waals surface area contributed by atoms with Crippen molar-refractivity contribution in [2.45, 2.75) is 71.3 Å². The highest BCUT2D eigenvalue weighted by atomic mass is 16.1. The highest BCUT2D eigenvalue weighted by Gasteiger charge is 2.17. The van der Waals surface area contributed by atoms with E-state index in [2.05, 4.69) is 53.5 Å². The number of anilines is 2. The van der Waals surface area contributed by atoms with E-state index in [9.17, 15) is 4.79 Å². The maximum absolute atomic E-state index is 12.7. The van der Waals surface area contributed by atoms with Crippen molar-refractivity contribution < 1.29 is 4.79 Å². The molecule has 3 rings (SSSR count). The maximum Gasteiger partial charge on any atom is 0.274 e. The summed E-state index contributed by atoms with van der Waals surface area (Å²) in [5.41, 5.74) is 3.27. The van der Waals surface area contributed by atoms with Gasteiger partial charge in [-0.25, -0.2) is 9.97 Å². The van der Waals surface area contributed by atoms with E-state index < -0.39 is 0 Å². The molecule has 1 aliphatic rings. The van der Waals surface area contributed by atoms with Crippen LogP contribution < -0.4 is 10.6 Å². The molecule has 1 aromatic carbocycles. The molecule has 1 fully saturated rings. The third kappa shape index (κ3) is 5.28. The maximum atomic E-state index is 12.7. The zero-order valence-corrected chi connectivity index (χ0v) is 16.8. The zero-order chi connectivity index (χ0) is 19.4. The summed E-state index contributed by atoms with van der Waals surface area (Å²) >= 11 is 0. The molecule has 0 atom stereocenters. The van der Waals surface area contributed by atoms with E-state index in [1.807, 2.05) is 19.1 Å². The fourth-order valence-corrected chi connectivity index (χ4v) is 3.43. The molecule has 0 spiro atoms. The van der Waals surface area contributed by atoms with Crippen LogP contribution in [-0.2, 0) is 5.41 Å². The van der Waals surface area contributed by atoms with Gasteiger partial charge < -0.3 is 10.6 Å². The molecule has 5 nitrogen and oxygen atoms in total. The molecule has 2 aromatic rings. The van der Waals surface area contributed by atoms with E-state index in [1.54, 1.807) is 6.07 Å². The molecule has 0 radical (unpaired) electrons. The number of rotatable bonds is 4. The fraction of sp³-hybridized carbons (Fsp3) is 0.500. The average Bonchev–Trinajstić information content (AvgIpc) is 2.62. The Hall–Kier alpha value is -2.43. The number of aryl methyl sites for hydroxylation is 1. The Morgan fingerprint density at radius 1 is 1.04 bits per heavy atom. The molecule has 2 N–H and O–H groups in total. The van der Waals surface area contributed by atoms with Gasteiger partial charge in [0.05, 0.1) is 0 Å². The highest BCUT2D eigenvalue weighted by molar-refractivity contribution is 6.03. The van der Waals surface area contributed by atoms with Gasteiger partial charge in [0.2, 0.25) is 5.95 Å². The Bertz CT molecular complexity index is 787. The normalized spacial score (nSPS) is 15.4. The lowest BCUT2D eigenvalue weighted by atomic mass is 9.87. The smallest absolute Gasteiger partial charge is 0.274 e. The summed E-state index contributed by atoms with van der Waals surface area (Å²) in [6, 6.07) is 10.1. The lowest BCUT2D eigenvalue weighted by Gasteiger charge is -2.23. The van der Waals surface area contributed by atoms with Gasteiger partial charge in [-0.05, 0) is 48.9 Å². The third-order valence-corrected chi connectivity index (χ3v) is 5.03. The topological polar surface area (TPSA) is 66.9 Å². The summed E-state index contributed by atoms with van der Waals surface area (Å²) in [5, 5.41) is 6.34. The number of benzene rings is 1. The predicted molar refractivity (Wildman–Crippen MR) is 110 cm³/mol. The molecule has 1 amide bonds. The van der Waals surface area contributed by atoms with Gasteiger partial charge in [0.15, 0.2) is 0 Å². The van der Waals surface area contributed by atoms with Gasteiger partial charge in [-0.2, -0.15) is 0 Å². The molecule has 1 saturated carbocycles. The second-order valence-corrected chi connectivity index (χ2v) is 8.48. The molecule has 144 valence electrons. The number of hydrogen-bond donors (Lipinski definition) is 2. The van der Waals surface area contributed by atoms with Crippen molar-refractivity contribution in [2.24, 2.45) is 0 Å². The monoisotopic (exact) mass is 366 g/mol. The summed E-state index contributed by atoms with van der Waals surface area (Å²) in [6.45, 7) is 8.41. The van der Waals surface area contributed by atoms with Crippen molar-refractivity contribution in [1.29, 1.82) is 0 Å². The summed E-state index contributed by atoms with van der Waals surface area (Å²) in [6.07, 6.45) is 6.05. The third-order valence-electron chi connectivity index (χ3n) is 5.03. The van der Waals surface area contributed by atoms with Crippen LogP contribution in [0.1, 0.15) is 74.6 Å². The van der Waals surface area contributed by atoms with Crippen LogP contribution >= 0.6 is 0 Å². The Labute approximate surface area is 162 Å².